The molecule has 0 aromatic rings. The van der Waals surface area contributed by atoms with Crippen molar-refractivity contribution in [2.75, 3.05) is 13.2 Å². The summed E-state index contributed by atoms with van der Waals surface area (Å²) in [5.41, 5.74) is 0.616. The standard InChI is InChI=1S/C7H13NO2/c1-7(2)9-4-3-6(8)5-10-7/h8H,3-5H2,1-2H3. The highest BCUT2D eigenvalue weighted by atomic mass is 16.7. The van der Waals surface area contributed by atoms with Gasteiger partial charge in [-0.05, 0) is 13.8 Å². The van der Waals surface area contributed by atoms with Crippen LogP contribution in [-0.4, -0.2) is 24.7 Å². The summed E-state index contributed by atoms with van der Waals surface area (Å²) < 4.78 is 10.6. The first-order chi connectivity index (χ1) is 4.60. The predicted molar refractivity (Wildman–Crippen MR) is 38.3 cm³/mol. The SMILES string of the molecule is CC1(C)OCCC(=N)CO1. The van der Waals surface area contributed by atoms with Crippen LogP contribution in [0.3, 0.4) is 0 Å². The molecular weight excluding hydrogens is 130 g/mol. The first-order valence-corrected chi connectivity index (χ1v) is 3.44. The van der Waals surface area contributed by atoms with Crippen molar-refractivity contribution in [3.05, 3.63) is 0 Å². The highest BCUT2D eigenvalue weighted by molar-refractivity contribution is 5.82. The fourth-order valence-corrected chi connectivity index (χ4v) is 0.795. The van der Waals surface area contributed by atoms with Gasteiger partial charge in [0.2, 0.25) is 0 Å². The van der Waals surface area contributed by atoms with Crippen LogP contribution in [0.2, 0.25) is 0 Å². The molecular formula is C7H13NO2. The highest BCUT2D eigenvalue weighted by Gasteiger charge is 2.22. The Balaban J connectivity index is 2.48. The van der Waals surface area contributed by atoms with Crippen molar-refractivity contribution in [3.8, 4) is 0 Å². The lowest BCUT2D eigenvalue weighted by molar-refractivity contribution is -0.196. The minimum atomic E-state index is -0.497. The molecule has 1 aliphatic rings. The molecule has 0 unspecified atom stereocenters. The Bertz CT molecular complexity index is 143. The maximum atomic E-state index is 7.30. The highest BCUT2D eigenvalue weighted by Crippen LogP contribution is 2.14. The third-order valence-electron chi connectivity index (χ3n) is 1.45. The quantitative estimate of drug-likeness (QED) is 0.553. The molecule has 0 amide bonds. The molecule has 3 heteroatoms. The third kappa shape index (κ3) is 2.08. The summed E-state index contributed by atoms with van der Waals surface area (Å²) in [6.07, 6.45) is 0.698. The number of nitrogens with one attached hydrogen (secondary N) is 1. The van der Waals surface area contributed by atoms with Gasteiger partial charge in [-0.15, -0.1) is 0 Å². The van der Waals surface area contributed by atoms with Crippen molar-refractivity contribution >= 4 is 5.71 Å². The predicted octanol–water partition coefficient (Wildman–Crippen LogP) is 1.18. The number of ether oxygens (including phenoxy) is 2. The van der Waals surface area contributed by atoms with Crippen LogP contribution in [0, 0.1) is 5.41 Å². The minimum absolute atomic E-state index is 0.410. The molecule has 0 spiro atoms. The molecule has 10 heavy (non-hydrogen) atoms. The zero-order valence-corrected chi connectivity index (χ0v) is 6.44. The largest absolute Gasteiger partial charge is 0.350 e. The van der Waals surface area contributed by atoms with Crippen molar-refractivity contribution < 1.29 is 9.47 Å². The number of hydrogen-bond donors (Lipinski definition) is 1. The summed E-state index contributed by atoms with van der Waals surface area (Å²) in [5, 5.41) is 7.30. The second-order valence-corrected chi connectivity index (χ2v) is 2.89. The van der Waals surface area contributed by atoms with Crippen LogP contribution < -0.4 is 0 Å². The van der Waals surface area contributed by atoms with Gasteiger partial charge in [-0.25, -0.2) is 0 Å². The second kappa shape index (κ2) is 2.68. The van der Waals surface area contributed by atoms with E-state index >= 15 is 0 Å². The zero-order chi connectivity index (χ0) is 7.61. The molecule has 1 saturated heterocycles. The van der Waals surface area contributed by atoms with E-state index in [2.05, 4.69) is 0 Å². The summed E-state index contributed by atoms with van der Waals surface area (Å²) in [5.74, 6) is -0.497. The van der Waals surface area contributed by atoms with Gasteiger partial charge < -0.3 is 14.9 Å². The average molecular weight is 143 g/mol. The molecule has 0 aliphatic carbocycles. The molecule has 1 rings (SSSR count). The molecule has 1 fully saturated rings. The van der Waals surface area contributed by atoms with E-state index in [4.69, 9.17) is 14.9 Å². The summed E-state index contributed by atoms with van der Waals surface area (Å²) >= 11 is 0. The minimum Gasteiger partial charge on any atom is -0.350 e. The van der Waals surface area contributed by atoms with Crippen molar-refractivity contribution in [3.63, 3.8) is 0 Å². The smallest absolute Gasteiger partial charge is 0.163 e. The van der Waals surface area contributed by atoms with Crippen LogP contribution in [0.25, 0.3) is 0 Å². The summed E-state index contributed by atoms with van der Waals surface area (Å²) in [4.78, 5) is 0. The number of rotatable bonds is 0. The van der Waals surface area contributed by atoms with Crippen molar-refractivity contribution in [1.82, 2.24) is 0 Å². The molecule has 0 saturated carbocycles. The first kappa shape index (κ1) is 7.69. The Morgan fingerprint density at radius 2 is 2.10 bits per heavy atom. The van der Waals surface area contributed by atoms with E-state index < -0.39 is 5.79 Å². The molecule has 0 aromatic heterocycles. The van der Waals surface area contributed by atoms with Gasteiger partial charge in [-0.1, -0.05) is 0 Å². The van der Waals surface area contributed by atoms with Gasteiger partial charge in [-0.3, -0.25) is 0 Å². The Hall–Kier alpha value is -0.410. The maximum absolute atomic E-state index is 7.30. The van der Waals surface area contributed by atoms with Crippen LogP contribution in [0.5, 0.6) is 0 Å². The fourth-order valence-electron chi connectivity index (χ4n) is 0.795. The van der Waals surface area contributed by atoms with E-state index in [1.807, 2.05) is 13.8 Å². The van der Waals surface area contributed by atoms with Gasteiger partial charge in [0.15, 0.2) is 5.79 Å². The Morgan fingerprint density at radius 3 is 2.80 bits per heavy atom. The van der Waals surface area contributed by atoms with E-state index in [0.717, 1.165) is 0 Å². The summed E-state index contributed by atoms with van der Waals surface area (Å²) in [7, 11) is 0. The van der Waals surface area contributed by atoms with Crippen LogP contribution in [0.1, 0.15) is 20.3 Å². The molecule has 0 radical (unpaired) electrons. The van der Waals surface area contributed by atoms with Crippen LogP contribution in [0.4, 0.5) is 0 Å². The van der Waals surface area contributed by atoms with Gasteiger partial charge in [-0.2, -0.15) is 0 Å². The molecule has 1 N–H and O–H groups in total. The van der Waals surface area contributed by atoms with Crippen molar-refractivity contribution in [2.45, 2.75) is 26.1 Å². The Kier molecular flexibility index (Phi) is 2.06. The molecule has 1 aliphatic heterocycles. The fraction of sp³-hybridized carbons (Fsp3) is 0.857. The monoisotopic (exact) mass is 143 g/mol. The van der Waals surface area contributed by atoms with E-state index in [1.54, 1.807) is 0 Å². The average Bonchev–Trinajstić information content (AvgIpc) is 1.94. The van der Waals surface area contributed by atoms with Crippen molar-refractivity contribution in [1.29, 1.82) is 5.41 Å². The molecule has 0 atom stereocenters. The van der Waals surface area contributed by atoms with Gasteiger partial charge in [0.1, 0.15) is 0 Å². The Morgan fingerprint density at radius 1 is 1.40 bits per heavy atom. The van der Waals surface area contributed by atoms with E-state index in [1.165, 1.54) is 0 Å². The number of hydrogen-bond acceptors (Lipinski definition) is 3. The van der Waals surface area contributed by atoms with E-state index in [0.29, 0.717) is 25.3 Å². The Labute approximate surface area is 60.8 Å². The normalized spacial score (nSPS) is 26.0. The lowest BCUT2D eigenvalue weighted by Gasteiger charge is -2.21. The molecule has 0 aromatic carbocycles. The van der Waals surface area contributed by atoms with E-state index in [9.17, 15) is 0 Å². The van der Waals surface area contributed by atoms with Gasteiger partial charge in [0.25, 0.3) is 0 Å². The maximum Gasteiger partial charge on any atom is 0.163 e. The lowest BCUT2D eigenvalue weighted by Crippen LogP contribution is -2.27. The van der Waals surface area contributed by atoms with Crippen LogP contribution in [0.15, 0.2) is 0 Å². The third-order valence-corrected chi connectivity index (χ3v) is 1.45. The zero-order valence-electron chi connectivity index (χ0n) is 6.44. The van der Waals surface area contributed by atoms with Crippen LogP contribution in [-0.2, 0) is 9.47 Å². The molecule has 1 heterocycles. The van der Waals surface area contributed by atoms with Gasteiger partial charge in [0.05, 0.1) is 13.2 Å². The molecule has 58 valence electrons. The molecule has 3 nitrogen and oxygen atoms in total. The first-order valence-electron chi connectivity index (χ1n) is 3.44. The molecule has 0 bridgehead atoms. The summed E-state index contributed by atoms with van der Waals surface area (Å²) in [6, 6.07) is 0. The summed E-state index contributed by atoms with van der Waals surface area (Å²) in [6.45, 7) is 4.75. The second-order valence-electron chi connectivity index (χ2n) is 2.89. The van der Waals surface area contributed by atoms with E-state index in [-0.39, 0.29) is 0 Å². The van der Waals surface area contributed by atoms with Crippen LogP contribution >= 0.6 is 0 Å². The van der Waals surface area contributed by atoms with Gasteiger partial charge in [0, 0.05) is 12.1 Å². The van der Waals surface area contributed by atoms with Gasteiger partial charge >= 0.3 is 0 Å². The topological polar surface area (TPSA) is 42.3 Å². The lowest BCUT2D eigenvalue weighted by atomic mass is 10.3. The van der Waals surface area contributed by atoms with Crippen molar-refractivity contribution in [2.24, 2.45) is 0 Å².